The first-order valence-corrected chi connectivity index (χ1v) is 9.56. The van der Waals surface area contributed by atoms with Crippen LogP contribution in [-0.4, -0.2) is 33.9 Å². The van der Waals surface area contributed by atoms with Crippen molar-refractivity contribution in [3.8, 4) is 0 Å². The van der Waals surface area contributed by atoms with Gasteiger partial charge < -0.3 is 10.1 Å². The fraction of sp³-hybridized carbons (Fsp3) is 0.500. The maximum atomic E-state index is 12.0. The molecule has 1 aliphatic carbocycles. The van der Waals surface area contributed by atoms with Gasteiger partial charge in [0.05, 0.1) is 12.1 Å². The van der Waals surface area contributed by atoms with Crippen LogP contribution in [0.1, 0.15) is 44.7 Å². The Labute approximate surface area is 150 Å². The first kappa shape index (κ1) is 17.7. The number of aromatic nitrogens is 2. The lowest BCUT2D eigenvalue weighted by Gasteiger charge is -2.15. The van der Waals surface area contributed by atoms with Crippen molar-refractivity contribution in [3.05, 3.63) is 35.1 Å². The summed E-state index contributed by atoms with van der Waals surface area (Å²) in [5.41, 5.74) is 2.06. The Hall–Kier alpha value is -2.15. The van der Waals surface area contributed by atoms with Gasteiger partial charge >= 0.3 is 5.97 Å². The average molecular weight is 361 g/mol. The molecular formula is C18H23N3O3S. The van der Waals surface area contributed by atoms with Gasteiger partial charge in [0, 0.05) is 24.3 Å². The molecule has 1 amide bonds. The number of ether oxygens (including phenoxy) is 1. The van der Waals surface area contributed by atoms with Gasteiger partial charge in [0.2, 0.25) is 0 Å². The lowest BCUT2D eigenvalue weighted by Crippen LogP contribution is -2.36. The van der Waals surface area contributed by atoms with E-state index in [0.717, 1.165) is 24.2 Å². The molecule has 2 aromatic heterocycles. The molecule has 1 atom stereocenters. The normalized spacial score (nSPS) is 15.6. The topological polar surface area (TPSA) is 72.7 Å². The van der Waals surface area contributed by atoms with Crippen molar-refractivity contribution in [1.82, 2.24) is 14.7 Å². The monoisotopic (exact) mass is 361 g/mol. The molecule has 0 radical (unpaired) electrons. The third kappa shape index (κ3) is 4.92. The van der Waals surface area contributed by atoms with E-state index in [1.165, 1.54) is 29.8 Å². The van der Waals surface area contributed by atoms with Crippen LogP contribution >= 0.6 is 11.3 Å². The lowest BCUT2D eigenvalue weighted by atomic mass is 9.97. The number of carbonyl (C=O) groups excluding carboxylic acids is 2. The largest absolute Gasteiger partial charge is 0.452 e. The van der Waals surface area contributed by atoms with Gasteiger partial charge in [0.25, 0.3) is 5.91 Å². The minimum atomic E-state index is -0.795. The number of nitrogens with one attached hydrogen (secondary N) is 1. The zero-order valence-corrected chi connectivity index (χ0v) is 15.2. The summed E-state index contributed by atoms with van der Waals surface area (Å²) in [6.07, 6.45) is 10.9. The first-order valence-electron chi connectivity index (χ1n) is 8.68. The molecule has 0 aliphatic heterocycles. The molecule has 2 aromatic rings. The van der Waals surface area contributed by atoms with E-state index in [0.29, 0.717) is 12.2 Å². The number of esters is 1. The van der Waals surface area contributed by atoms with Gasteiger partial charge in [-0.25, -0.2) is 4.98 Å². The fourth-order valence-electron chi connectivity index (χ4n) is 2.92. The lowest BCUT2D eigenvalue weighted by molar-refractivity contribution is -0.154. The summed E-state index contributed by atoms with van der Waals surface area (Å²) in [6.45, 7) is 2.18. The second kappa shape index (κ2) is 8.29. The highest BCUT2D eigenvalue weighted by atomic mass is 32.1. The fourth-order valence-corrected chi connectivity index (χ4v) is 3.64. The van der Waals surface area contributed by atoms with Crippen LogP contribution in [0.4, 0.5) is 0 Å². The average Bonchev–Trinajstić information content (AvgIpc) is 3.17. The predicted molar refractivity (Wildman–Crippen MR) is 96.5 cm³/mol. The number of amides is 1. The number of imidazole rings is 1. The Morgan fingerprint density at radius 1 is 1.44 bits per heavy atom. The van der Waals surface area contributed by atoms with Gasteiger partial charge in [-0.1, -0.05) is 11.6 Å². The third-order valence-electron chi connectivity index (χ3n) is 4.28. The van der Waals surface area contributed by atoms with E-state index in [9.17, 15) is 9.59 Å². The summed E-state index contributed by atoms with van der Waals surface area (Å²) in [5.74, 6) is -0.695. The highest BCUT2D eigenvalue weighted by Crippen LogP contribution is 2.19. The summed E-state index contributed by atoms with van der Waals surface area (Å²) >= 11 is 1.51. The molecule has 0 aromatic carbocycles. The van der Waals surface area contributed by atoms with Gasteiger partial charge in [0.1, 0.15) is 0 Å². The summed E-state index contributed by atoms with van der Waals surface area (Å²) in [5, 5.41) is 4.77. The summed E-state index contributed by atoms with van der Waals surface area (Å²) in [4.78, 5) is 29.2. The second-order valence-corrected chi connectivity index (χ2v) is 7.16. The minimum absolute atomic E-state index is 0.0684. The molecule has 0 saturated heterocycles. The maximum Gasteiger partial charge on any atom is 0.312 e. The van der Waals surface area contributed by atoms with Crippen LogP contribution in [0.2, 0.25) is 0 Å². The van der Waals surface area contributed by atoms with Crippen molar-refractivity contribution >= 4 is 28.2 Å². The molecule has 0 saturated carbocycles. The van der Waals surface area contributed by atoms with Crippen molar-refractivity contribution in [1.29, 1.82) is 0 Å². The molecule has 134 valence electrons. The van der Waals surface area contributed by atoms with Crippen LogP contribution in [-0.2, 0) is 20.7 Å². The van der Waals surface area contributed by atoms with Gasteiger partial charge in [-0.15, -0.1) is 11.3 Å². The highest BCUT2D eigenvalue weighted by Gasteiger charge is 2.18. The molecule has 6 nitrogen and oxygen atoms in total. The Kier molecular flexibility index (Phi) is 5.86. The predicted octanol–water partition coefficient (Wildman–Crippen LogP) is 2.88. The number of fused-ring (bicyclic) bond motifs is 1. The number of thiazole rings is 1. The number of nitrogens with zero attached hydrogens (tertiary/aromatic N) is 2. The maximum absolute atomic E-state index is 12.0. The molecule has 0 bridgehead atoms. The summed E-state index contributed by atoms with van der Waals surface area (Å²) in [7, 11) is 0. The van der Waals surface area contributed by atoms with Crippen molar-refractivity contribution in [2.75, 3.05) is 6.54 Å². The molecule has 0 fully saturated rings. The SMILES string of the molecule is C[C@H](OC(=O)Cc1cn2ccsc2n1)C(=O)NCCC1=CCCCC1. The smallest absolute Gasteiger partial charge is 0.312 e. The van der Waals surface area contributed by atoms with Crippen molar-refractivity contribution < 1.29 is 14.3 Å². The Balaban J connectivity index is 1.40. The Morgan fingerprint density at radius 2 is 2.32 bits per heavy atom. The van der Waals surface area contributed by atoms with E-state index >= 15 is 0 Å². The number of hydrogen-bond donors (Lipinski definition) is 1. The zero-order chi connectivity index (χ0) is 17.6. The van der Waals surface area contributed by atoms with Crippen LogP contribution < -0.4 is 5.32 Å². The molecule has 1 aliphatic rings. The van der Waals surface area contributed by atoms with Crippen LogP contribution in [0.5, 0.6) is 0 Å². The molecule has 2 heterocycles. The van der Waals surface area contributed by atoms with Gasteiger partial charge in [-0.2, -0.15) is 0 Å². The number of hydrogen-bond acceptors (Lipinski definition) is 5. The van der Waals surface area contributed by atoms with Crippen LogP contribution in [0.3, 0.4) is 0 Å². The van der Waals surface area contributed by atoms with E-state index in [1.54, 1.807) is 13.1 Å². The minimum Gasteiger partial charge on any atom is -0.452 e. The van der Waals surface area contributed by atoms with Crippen molar-refractivity contribution in [2.45, 2.75) is 51.6 Å². The van der Waals surface area contributed by atoms with E-state index < -0.39 is 12.1 Å². The van der Waals surface area contributed by atoms with Crippen LogP contribution in [0, 0.1) is 0 Å². The standard InChI is InChI=1S/C18H23N3O3S/c1-13(17(23)19-8-7-14-5-3-2-4-6-14)24-16(22)11-15-12-21-9-10-25-18(21)20-15/h5,9-10,12-13H,2-4,6-8,11H2,1H3,(H,19,23)/t13-/m0/s1. The van der Waals surface area contributed by atoms with E-state index in [-0.39, 0.29) is 12.3 Å². The first-order chi connectivity index (χ1) is 12.1. The van der Waals surface area contributed by atoms with E-state index in [1.807, 2.05) is 16.0 Å². The molecule has 7 heteroatoms. The van der Waals surface area contributed by atoms with Crippen molar-refractivity contribution in [2.24, 2.45) is 0 Å². The van der Waals surface area contributed by atoms with E-state index in [4.69, 9.17) is 4.74 Å². The van der Waals surface area contributed by atoms with Crippen LogP contribution in [0.15, 0.2) is 29.4 Å². The highest BCUT2D eigenvalue weighted by molar-refractivity contribution is 7.15. The molecule has 3 rings (SSSR count). The molecular weight excluding hydrogens is 338 g/mol. The zero-order valence-electron chi connectivity index (χ0n) is 14.4. The van der Waals surface area contributed by atoms with Gasteiger partial charge in [-0.3, -0.25) is 14.0 Å². The van der Waals surface area contributed by atoms with Crippen molar-refractivity contribution in [3.63, 3.8) is 0 Å². The molecule has 0 spiro atoms. The van der Waals surface area contributed by atoms with E-state index in [2.05, 4.69) is 16.4 Å². The molecule has 25 heavy (non-hydrogen) atoms. The van der Waals surface area contributed by atoms with Gasteiger partial charge in [0.15, 0.2) is 11.1 Å². The van der Waals surface area contributed by atoms with Crippen LogP contribution in [0.25, 0.3) is 4.96 Å². The Bertz CT molecular complexity index is 749. The quantitative estimate of drug-likeness (QED) is 0.608. The summed E-state index contributed by atoms with van der Waals surface area (Å²) < 4.78 is 7.08. The van der Waals surface area contributed by atoms with Gasteiger partial charge in [-0.05, 0) is 39.0 Å². The number of allylic oxidation sites excluding steroid dienone is 1. The second-order valence-electron chi connectivity index (χ2n) is 6.28. The Morgan fingerprint density at radius 3 is 3.08 bits per heavy atom. The molecule has 0 unspecified atom stereocenters. The number of carbonyl (C=O) groups is 2. The summed E-state index contributed by atoms with van der Waals surface area (Å²) in [6, 6.07) is 0. The molecule has 1 N–H and O–H groups in total. The third-order valence-corrected chi connectivity index (χ3v) is 5.05. The number of rotatable bonds is 7.